The highest BCUT2D eigenvalue weighted by atomic mass is 16.2. The summed E-state index contributed by atoms with van der Waals surface area (Å²) in [5.74, 6) is 1.14. The van der Waals surface area contributed by atoms with Crippen LogP contribution in [0.4, 0.5) is 11.5 Å². The van der Waals surface area contributed by atoms with Crippen LogP contribution in [0.3, 0.4) is 0 Å². The van der Waals surface area contributed by atoms with E-state index in [-0.39, 0.29) is 17.9 Å². The Morgan fingerprint density at radius 2 is 1.97 bits per heavy atom. The number of pyridine rings is 1. The monoisotopic (exact) mass is 428 g/mol. The zero-order valence-electron chi connectivity index (χ0n) is 17.6. The maximum absolute atomic E-state index is 13.1. The van der Waals surface area contributed by atoms with E-state index in [0.29, 0.717) is 31.0 Å². The minimum Gasteiger partial charge on any atom is -0.344 e. The summed E-state index contributed by atoms with van der Waals surface area (Å²) in [6, 6.07) is 14.9. The molecule has 0 bridgehead atoms. The van der Waals surface area contributed by atoms with E-state index in [1.807, 2.05) is 53.4 Å². The molecule has 2 N–H and O–H groups in total. The summed E-state index contributed by atoms with van der Waals surface area (Å²) >= 11 is 0. The lowest BCUT2D eigenvalue weighted by atomic mass is 10.1. The second-order valence-electron chi connectivity index (χ2n) is 8.08. The van der Waals surface area contributed by atoms with Crippen molar-refractivity contribution in [3.63, 3.8) is 0 Å². The Kier molecular flexibility index (Phi) is 5.49. The highest BCUT2D eigenvalue weighted by Gasteiger charge is 2.38. The Morgan fingerprint density at radius 1 is 1.09 bits per heavy atom. The Bertz CT molecular complexity index is 1120. The van der Waals surface area contributed by atoms with E-state index < -0.39 is 6.04 Å². The van der Waals surface area contributed by atoms with Gasteiger partial charge in [0, 0.05) is 42.7 Å². The van der Waals surface area contributed by atoms with Gasteiger partial charge in [0.05, 0.1) is 11.7 Å². The molecule has 2 fully saturated rings. The van der Waals surface area contributed by atoms with Crippen LogP contribution in [-0.4, -0.2) is 44.3 Å². The molecule has 0 radical (unpaired) electrons. The standard InChI is InChI=1S/C24H24N6O2/c31-22-11-10-18(27-22)24(32)30-13-5-9-20(30)23-28-19(16-6-4-12-25-15-16)14-21(29-23)26-17-7-2-1-3-8-17/h1-4,6-8,12,14-15,18,20H,5,9-11,13H2,(H,27,31)(H,26,28,29)/t18-,20-/m1/s1. The minimum atomic E-state index is -0.452. The van der Waals surface area contributed by atoms with E-state index in [2.05, 4.69) is 15.6 Å². The highest BCUT2D eigenvalue weighted by molar-refractivity contribution is 5.91. The fourth-order valence-electron chi connectivity index (χ4n) is 4.31. The first-order chi connectivity index (χ1) is 15.7. The van der Waals surface area contributed by atoms with Crippen LogP contribution in [0.25, 0.3) is 11.3 Å². The van der Waals surface area contributed by atoms with Gasteiger partial charge >= 0.3 is 0 Å². The van der Waals surface area contributed by atoms with Crippen molar-refractivity contribution in [2.75, 3.05) is 11.9 Å². The molecule has 2 amide bonds. The maximum atomic E-state index is 13.1. The van der Waals surface area contributed by atoms with Crippen molar-refractivity contribution in [1.29, 1.82) is 0 Å². The van der Waals surface area contributed by atoms with Crippen molar-refractivity contribution in [2.45, 2.75) is 37.8 Å². The van der Waals surface area contributed by atoms with Crippen molar-refractivity contribution in [2.24, 2.45) is 0 Å². The van der Waals surface area contributed by atoms with Crippen LogP contribution < -0.4 is 10.6 Å². The molecule has 2 aliphatic heterocycles. The molecule has 2 saturated heterocycles. The van der Waals surface area contributed by atoms with Gasteiger partial charge in [0.1, 0.15) is 11.9 Å². The second-order valence-corrected chi connectivity index (χ2v) is 8.08. The zero-order chi connectivity index (χ0) is 21.9. The molecule has 4 heterocycles. The van der Waals surface area contributed by atoms with Crippen LogP contribution in [-0.2, 0) is 9.59 Å². The first kappa shape index (κ1) is 20.1. The van der Waals surface area contributed by atoms with Crippen molar-refractivity contribution < 1.29 is 9.59 Å². The molecule has 0 saturated carbocycles. The van der Waals surface area contributed by atoms with Gasteiger partial charge in [0.15, 0.2) is 5.82 Å². The Hall–Kier alpha value is -3.81. The number of benzene rings is 1. The van der Waals surface area contributed by atoms with Gasteiger partial charge in [0.25, 0.3) is 0 Å². The number of aromatic nitrogens is 3. The first-order valence-electron chi connectivity index (χ1n) is 10.9. The largest absolute Gasteiger partial charge is 0.344 e. The number of nitrogens with one attached hydrogen (secondary N) is 2. The molecule has 162 valence electrons. The van der Waals surface area contributed by atoms with E-state index in [0.717, 1.165) is 29.8 Å². The quantitative estimate of drug-likeness (QED) is 0.647. The van der Waals surface area contributed by atoms with Crippen LogP contribution in [0.1, 0.15) is 37.5 Å². The molecular weight excluding hydrogens is 404 g/mol. The van der Waals surface area contributed by atoms with E-state index in [1.165, 1.54) is 0 Å². The highest BCUT2D eigenvalue weighted by Crippen LogP contribution is 2.33. The number of para-hydroxylation sites is 1. The van der Waals surface area contributed by atoms with Crippen molar-refractivity contribution >= 4 is 23.3 Å². The molecule has 2 aromatic heterocycles. The van der Waals surface area contributed by atoms with Gasteiger partial charge in [-0.1, -0.05) is 18.2 Å². The molecular formula is C24H24N6O2. The number of amides is 2. The van der Waals surface area contributed by atoms with Crippen molar-refractivity contribution in [3.8, 4) is 11.3 Å². The number of rotatable bonds is 5. The smallest absolute Gasteiger partial charge is 0.245 e. The summed E-state index contributed by atoms with van der Waals surface area (Å²) in [4.78, 5) is 40.4. The van der Waals surface area contributed by atoms with Crippen LogP contribution >= 0.6 is 0 Å². The SMILES string of the molecule is O=C1CC[C@H](C(=O)N2CCC[C@@H]2c2nc(Nc3ccccc3)cc(-c3cccnc3)n2)N1. The number of likely N-dealkylation sites (tertiary alicyclic amines) is 1. The van der Waals surface area contributed by atoms with Crippen LogP contribution in [0, 0.1) is 0 Å². The number of carbonyl (C=O) groups is 2. The predicted octanol–water partition coefficient (Wildman–Crippen LogP) is 3.22. The molecule has 0 spiro atoms. The first-order valence-corrected chi connectivity index (χ1v) is 10.9. The normalized spacial score (nSPS) is 20.2. The molecule has 0 unspecified atom stereocenters. The molecule has 5 rings (SSSR count). The molecule has 32 heavy (non-hydrogen) atoms. The molecule has 3 aromatic rings. The third-order valence-electron chi connectivity index (χ3n) is 5.87. The van der Waals surface area contributed by atoms with E-state index in [4.69, 9.17) is 9.97 Å². The third-order valence-corrected chi connectivity index (χ3v) is 5.87. The fourth-order valence-corrected chi connectivity index (χ4v) is 4.31. The predicted molar refractivity (Wildman–Crippen MR) is 120 cm³/mol. The summed E-state index contributed by atoms with van der Waals surface area (Å²) in [7, 11) is 0. The van der Waals surface area contributed by atoms with Gasteiger partial charge in [-0.3, -0.25) is 14.6 Å². The molecule has 8 nitrogen and oxygen atoms in total. The summed E-state index contributed by atoms with van der Waals surface area (Å²) in [6.07, 6.45) is 6.09. The fraction of sp³-hybridized carbons (Fsp3) is 0.292. The number of carbonyl (C=O) groups excluding carboxylic acids is 2. The topological polar surface area (TPSA) is 100 Å². The van der Waals surface area contributed by atoms with Gasteiger partial charge in [-0.2, -0.15) is 0 Å². The lowest BCUT2D eigenvalue weighted by Crippen LogP contribution is -2.44. The average Bonchev–Trinajstić information content (AvgIpc) is 3.49. The Labute approximate surface area is 186 Å². The van der Waals surface area contributed by atoms with Crippen LogP contribution in [0.15, 0.2) is 60.9 Å². The van der Waals surface area contributed by atoms with Gasteiger partial charge in [-0.05, 0) is 43.5 Å². The van der Waals surface area contributed by atoms with E-state index in [1.54, 1.807) is 12.4 Å². The minimum absolute atomic E-state index is 0.0497. The summed E-state index contributed by atoms with van der Waals surface area (Å²) in [5, 5.41) is 6.14. The number of hydrogen-bond donors (Lipinski definition) is 2. The molecule has 2 atom stereocenters. The molecule has 1 aromatic carbocycles. The summed E-state index contributed by atoms with van der Waals surface area (Å²) in [5.41, 5.74) is 2.54. The molecule has 0 aliphatic carbocycles. The van der Waals surface area contributed by atoms with Crippen LogP contribution in [0.5, 0.6) is 0 Å². The maximum Gasteiger partial charge on any atom is 0.245 e. The third kappa shape index (κ3) is 4.16. The van der Waals surface area contributed by atoms with E-state index in [9.17, 15) is 9.59 Å². The van der Waals surface area contributed by atoms with Gasteiger partial charge in [-0.25, -0.2) is 9.97 Å². The Balaban J connectivity index is 1.49. The average molecular weight is 428 g/mol. The zero-order valence-corrected chi connectivity index (χ0v) is 17.6. The molecule has 8 heteroatoms. The lowest BCUT2D eigenvalue weighted by Gasteiger charge is -2.27. The summed E-state index contributed by atoms with van der Waals surface area (Å²) in [6.45, 7) is 0.637. The van der Waals surface area contributed by atoms with Gasteiger partial charge in [0.2, 0.25) is 11.8 Å². The molecule has 2 aliphatic rings. The van der Waals surface area contributed by atoms with Crippen LogP contribution in [0.2, 0.25) is 0 Å². The second kappa shape index (κ2) is 8.74. The Morgan fingerprint density at radius 3 is 2.72 bits per heavy atom. The van der Waals surface area contributed by atoms with Crippen molar-refractivity contribution in [3.05, 3.63) is 66.7 Å². The van der Waals surface area contributed by atoms with Gasteiger partial charge in [-0.15, -0.1) is 0 Å². The number of anilines is 2. The number of nitrogens with zero attached hydrogens (tertiary/aromatic N) is 4. The summed E-state index contributed by atoms with van der Waals surface area (Å²) < 4.78 is 0. The lowest BCUT2D eigenvalue weighted by molar-refractivity contribution is -0.135. The van der Waals surface area contributed by atoms with Crippen molar-refractivity contribution in [1.82, 2.24) is 25.2 Å². The van der Waals surface area contributed by atoms with E-state index >= 15 is 0 Å². The van der Waals surface area contributed by atoms with Gasteiger partial charge < -0.3 is 15.5 Å². The number of hydrogen-bond acceptors (Lipinski definition) is 6.